The molecule has 0 saturated heterocycles. The number of methoxy groups -OCH3 is 1. The third kappa shape index (κ3) is 3.08. The second-order valence-electron chi connectivity index (χ2n) is 4.42. The molecule has 3 aromatic rings. The number of thioether (sulfide) groups is 1. The molecular weight excluding hydrogens is 282 g/mol. The molecule has 5 heteroatoms. The number of ether oxygens (including phenoxy) is 1. The molecule has 106 valence electrons. The summed E-state index contributed by atoms with van der Waals surface area (Å²) in [6.45, 7) is 0. The molecule has 0 atom stereocenters. The molecule has 0 saturated carbocycles. The predicted octanol–water partition coefficient (Wildman–Crippen LogP) is 3.57. The number of para-hydroxylation sites is 2. The van der Waals surface area contributed by atoms with Crippen molar-refractivity contribution in [3.8, 4) is 11.4 Å². The Kier molecular flexibility index (Phi) is 4.21. The SMILES string of the molecule is COc1ccccc1CSc1nncn1-c1ccccc1. The summed E-state index contributed by atoms with van der Waals surface area (Å²) in [6, 6.07) is 18.1. The van der Waals surface area contributed by atoms with E-state index in [0.717, 1.165) is 27.9 Å². The summed E-state index contributed by atoms with van der Waals surface area (Å²) in [5, 5.41) is 9.08. The summed E-state index contributed by atoms with van der Waals surface area (Å²) in [5.41, 5.74) is 2.21. The van der Waals surface area contributed by atoms with Gasteiger partial charge in [0.15, 0.2) is 5.16 Å². The third-order valence-electron chi connectivity index (χ3n) is 3.10. The lowest BCUT2D eigenvalue weighted by Crippen LogP contribution is -1.95. The van der Waals surface area contributed by atoms with Gasteiger partial charge < -0.3 is 4.74 Å². The number of rotatable bonds is 5. The fraction of sp³-hybridized carbons (Fsp3) is 0.125. The summed E-state index contributed by atoms with van der Waals surface area (Å²) in [6.07, 6.45) is 1.74. The molecule has 0 bridgehead atoms. The molecule has 1 aromatic heterocycles. The number of aromatic nitrogens is 3. The van der Waals surface area contributed by atoms with E-state index in [1.807, 2.05) is 53.1 Å². The Morgan fingerprint density at radius 3 is 2.62 bits per heavy atom. The van der Waals surface area contributed by atoms with Crippen molar-refractivity contribution in [2.75, 3.05) is 7.11 Å². The van der Waals surface area contributed by atoms with Crippen molar-refractivity contribution in [3.05, 3.63) is 66.5 Å². The number of benzene rings is 2. The lowest BCUT2D eigenvalue weighted by molar-refractivity contribution is 0.411. The van der Waals surface area contributed by atoms with E-state index in [9.17, 15) is 0 Å². The molecule has 0 aliphatic heterocycles. The molecule has 0 spiro atoms. The Morgan fingerprint density at radius 1 is 1.05 bits per heavy atom. The molecule has 0 radical (unpaired) electrons. The van der Waals surface area contributed by atoms with E-state index in [-0.39, 0.29) is 0 Å². The standard InChI is InChI=1S/C16H15N3OS/c1-20-15-10-6-5-7-13(15)11-21-16-18-17-12-19(16)14-8-3-2-4-9-14/h2-10,12H,11H2,1H3. The predicted molar refractivity (Wildman–Crippen MR) is 83.9 cm³/mol. The molecule has 0 fully saturated rings. The topological polar surface area (TPSA) is 39.9 Å². The Balaban J connectivity index is 1.79. The maximum Gasteiger partial charge on any atom is 0.195 e. The summed E-state index contributed by atoms with van der Waals surface area (Å²) in [5.74, 6) is 1.69. The second kappa shape index (κ2) is 6.45. The zero-order chi connectivity index (χ0) is 14.5. The Bertz CT molecular complexity index is 712. The van der Waals surface area contributed by atoms with Crippen LogP contribution in [0.4, 0.5) is 0 Å². The summed E-state index contributed by atoms with van der Waals surface area (Å²) in [7, 11) is 1.69. The highest BCUT2D eigenvalue weighted by molar-refractivity contribution is 7.98. The van der Waals surface area contributed by atoms with Crippen LogP contribution in [-0.2, 0) is 5.75 Å². The van der Waals surface area contributed by atoms with Crippen LogP contribution in [0.1, 0.15) is 5.56 Å². The third-order valence-corrected chi connectivity index (χ3v) is 4.09. The van der Waals surface area contributed by atoms with E-state index in [0.29, 0.717) is 0 Å². The molecule has 0 amide bonds. The molecule has 0 N–H and O–H groups in total. The minimum Gasteiger partial charge on any atom is -0.496 e. The van der Waals surface area contributed by atoms with Crippen molar-refractivity contribution >= 4 is 11.8 Å². The van der Waals surface area contributed by atoms with Crippen LogP contribution < -0.4 is 4.74 Å². The highest BCUT2D eigenvalue weighted by Gasteiger charge is 2.09. The number of nitrogens with zero attached hydrogens (tertiary/aromatic N) is 3. The number of hydrogen-bond donors (Lipinski definition) is 0. The number of hydrogen-bond acceptors (Lipinski definition) is 4. The monoisotopic (exact) mass is 297 g/mol. The van der Waals surface area contributed by atoms with Gasteiger partial charge in [-0.1, -0.05) is 48.2 Å². The van der Waals surface area contributed by atoms with Gasteiger partial charge in [0.2, 0.25) is 0 Å². The van der Waals surface area contributed by atoms with Gasteiger partial charge in [0.05, 0.1) is 7.11 Å². The maximum absolute atomic E-state index is 5.37. The normalized spacial score (nSPS) is 10.5. The van der Waals surface area contributed by atoms with Crippen molar-refractivity contribution in [3.63, 3.8) is 0 Å². The molecule has 2 aromatic carbocycles. The lowest BCUT2D eigenvalue weighted by atomic mass is 10.2. The van der Waals surface area contributed by atoms with Crippen LogP contribution in [0.2, 0.25) is 0 Å². The van der Waals surface area contributed by atoms with Gasteiger partial charge >= 0.3 is 0 Å². The minimum absolute atomic E-state index is 0.787. The van der Waals surface area contributed by atoms with Crippen LogP contribution in [-0.4, -0.2) is 21.9 Å². The summed E-state index contributed by atoms with van der Waals surface area (Å²) >= 11 is 1.64. The second-order valence-corrected chi connectivity index (χ2v) is 5.36. The van der Waals surface area contributed by atoms with Gasteiger partial charge in [-0.2, -0.15) is 0 Å². The van der Waals surface area contributed by atoms with Gasteiger partial charge in [-0.25, -0.2) is 0 Å². The summed E-state index contributed by atoms with van der Waals surface area (Å²) < 4.78 is 7.36. The fourth-order valence-corrected chi connectivity index (χ4v) is 2.97. The molecule has 1 heterocycles. The lowest BCUT2D eigenvalue weighted by Gasteiger charge is -2.08. The van der Waals surface area contributed by atoms with Gasteiger partial charge in [0.25, 0.3) is 0 Å². The van der Waals surface area contributed by atoms with Crippen LogP contribution in [0.25, 0.3) is 5.69 Å². The van der Waals surface area contributed by atoms with Crippen molar-refractivity contribution in [2.24, 2.45) is 0 Å². The molecular formula is C16H15N3OS. The molecule has 0 aliphatic rings. The molecule has 0 unspecified atom stereocenters. The van der Waals surface area contributed by atoms with Crippen LogP contribution in [0, 0.1) is 0 Å². The Labute approximate surface area is 127 Å². The first kappa shape index (κ1) is 13.7. The zero-order valence-corrected chi connectivity index (χ0v) is 12.5. The van der Waals surface area contributed by atoms with Crippen molar-refractivity contribution < 1.29 is 4.74 Å². The Morgan fingerprint density at radius 2 is 1.81 bits per heavy atom. The van der Waals surface area contributed by atoms with Crippen LogP contribution in [0.3, 0.4) is 0 Å². The molecule has 21 heavy (non-hydrogen) atoms. The smallest absolute Gasteiger partial charge is 0.195 e. The Hall–Kier alpha value is -2.27. The van der Waals surface area contributed by atoms with Gasteiger partial charge in [-0.05, 0) is 18.2 Å². The van der Waals surface area contributed by atoms with Crippen LogP contribution >= 0.6 is 11.8 Å². The van der Waals surface area contributed by atoms with Crippen molar-refractivity contribution in [2.45, 2.75) is 10.9 Å². The van der Waals surface area contributed by atoms with Crippen LogP contribution in [0.5, 0.6) is 5.75 Å². The largest absolute Gasteiger partial charge is 0.496 e. The van der Waals surface area contributed by atoms with E-state index in [4.69, 9.17) is 4.74 Å². The van der Waals surface area contributed by atoms with Gasteiger partial charge in [0, 0.05) is 17.0 Å². The van der Waals surface area contributed by atoms with E-state index < -0.39 is 0 Å². The molecule has 3 rings (SSSR count). The van der Waals surface area contributed by atoms with Crippen LogP contribution in [0.15, 0.2) is 66.1 Å². The van der Waals surface area contributed by atoms with E-state index in [2.05, 4.69) is 16.3 Å². The highest BCUT2D eigenvalue weighted by Crippen LogP contribution is 2.27. The van der Waals surface area contributed by atoms with Gasteiger partial charge in [-0.15, -0.1) is 10.2 Å². The first-order valence-electron chi connectivity index (χ1n) is 6.58. The maximum atomic E-state index is 5.37. The van der Waals surface area contributed by atoms with Gasteiger partial charge in [0.1, 0.15) is 12.1 Å². The van der Waals surface area contributed by atoms with E-state index in [1.54, 1.807) is 25.2 Å². The first-order chi connectivity index (χ1) is 10.4. The van der Waals surface area contributed by atoms with E-state index >= 15 is 0 Å². The first-order valence-corrected chi connectivity index (χ1v) is 7.57. The van der Waals surface area contributed by atoms with E-state index in [1.165, 1.54) is 0 Å². The zero-order valence-electron chi connectivity index (χ0n) is 11.6. The molecule has 0 aliphatic carbocycles. The quantitative estimate of drug-likeness (QED) is 0.675. The van der Waals surface area contributed by atoms with Crippen molar-refractivity contribution in [1.29, 1.82) is 0 Å². The fourth-order valence-electron chi connectivity index (χ4n) is 2.05. The van der Waals surface area contributed by atoms with Gasteiger partial charge in [-0.3, -0.25) is 4.57 Å². The average molecular weight is 297 g/mol. The summed E-state index contributed by atoms with van der Waals surface area (Å²) in [4.78, 5) is 0. The molecule has 4 nitrogen and oxygen atoms in total. The van der Waals surface area contributed by atoms with Crippen molar-refractivity contribution in [1.82, 2.24) is 14.8 Å². The average Bonchev–Trinajstić information content (AvgIpc) is 3.02. The minimum atomic E-state index is 0.787. The highest BCUT2D eigenvalue weighted by atomic mass is 32.2.